The quantitative estimate of drug-likeness (QED) is 0.270. The summed E-state index contributed by atoms with van der Waals surface area (Å²) < 4.78 is 10.3. The topological polar surface area (TPSA) is 140 Å². The van der Waals surface area contributed by atoms with Crippen LogP contribution in [-0.2, 0) is 0 Å². The number of amides is 3. The molecule has 2 aromatic carbocycles. The Balaban J connectivity index is 1.55. The first-order valence-corrected chi connectivity index (χ1v) is 13.3. The van der Waals surface area contributed by atoms with E-state index in [-0.39, 0.29) is 34.3 Å². The number of carbonyl (C=O) groups is 3. The minimum atomic E-state index is -1.66. The number of benzene rings is 2. The largest absolute Gasteiger partial charge is 0.514 e. The number of nitrogens with two attached hydrogens (primary N) is 1. The molecular formula is C27H33ClN5O6-. The van der Waals surface area contributed by atoms with Crippen molar-refractivity contribution in [2.24, 2.45) is 0 Å². The number of methoxy groups -OCH3 is 1. The lowest BCUT2D eigenvalue weighted by Gasteiger charge is -2.40. The molecule has 0 aromatic heterocycles. The zero-order chi connectivity index (χ0) is 28.1. The predicted octanol–water partition coefficient (Wildman–Crippen LogP) is 2.00. The van der Waals surface area contributed by atoms with Gasteiger partial charge in [0.25, 0.3) is 12.1 Å². The van der Waals surface area contributed by atoms with E-state index in [4.69, 9.17) is 26.8 Å². The van der Waals surface area contributed by atoms with Gasteiger partial charge in [0.1, 0.15) is 5.75 Å². The Bertz CT molecular complexity index is 1230. The lowest BCUT2D eigenvalue weighted by atomic mass is 9.85. The van der Waals surface area contributed by atoms with Gasteiger partial charge in [-0.2, -0.15) is 0 Å². The highest BCUT2D eigenvalue weighted by Crippen LogP contribution is 2.35. The molecule has 2 fully saturated rings. The molecular weight excluding hydrogens is 526 g/mol. The summed E-state index contributed by atoms with van der Waals surface area (Å²) in [4.78, 5) is 43.1. The van der Waals surface area contributed by atoms with Crippen LogP contribution in [-0.4, -0.2) is 91.8 Å². The van der Waals surface area contributed by atoms with Gasteiger partial charge in [-0.25, -0.2) is 4.79 Å². The van der Waals surface area contributed by atoms with Gasteiger partial charge in [0, 0.05) is 63.8 Å². The molecule has 2 aliphatic heterocycles. The summed E-state index contributed by atoms with van der Waals surface area (Å²) in [5, 5.41) is 14.6. The number of carboxylic acid groups (broad SMARTS) is 1. The molecule has 0 radical (unpaired) electrons. The normalized spacial score (nSPS) is 19.7. The third-order valence-electron chi connectivity index (χ3n) is 7.34. The van der Waals surface area contributed by atoms with E-state index < -0.39 is 12.1 Å². The Morgan fingerprint density at radius 2 is 1.87 bits per heavy atom. The highest BCUT2D eigenvalue weighted by Gasteiger charge is 2.34. The van der Waals surface area contributed by atoms with Crippen molar-refractivity contribution in [3.63, 3.8) is 0 Å². The molecule has 2 aliphatic rings. The summed E-state index contributed by atoms with van der Waals surface area (Å²) >= 11 is 6.18. The molecule has 12 heteroatoms. The first-order chi connectivity index (χ1) is 18.7. The average Bonchev–Trinajstić information content (AvgIpc) is 3.28. The van der Waals surface area contributed by atoms with Gasteiger partial charge < -0.3 is 45.1 Å². The summed E-state index contributed by atoms with van der Waals surface area (Å²) in [6.45, 7) is 6.47. The van der Waals surface area contributed by atoms with Crippen LogP contribution < -0.4 is 25.6 Å². The van der Waals surface area contributed by atoms with Crippen molar-refractivity contribution in [3.8, 4) is 11.5 Å². The first kappa shape index (κ1) is 28.3. The molecule has 2 aromatic rings. The fourth-order valence-electron chi connectivity index (χ4n) is 5.24. The number of carbonyl (C=O) groups excluding carboxylic acids is 3. The van der Waals surface area contributed by atoms with E-state index in [0.717, 1.165) is 6.54 Å². The third kappa shape index (κ3) is 6.48. The molecule has 2 heterocycles. The number of ether oxygens (including phenoxy) is 2. The number of nitrogen functional groups attached to an aromatic ring is 1. The number of urea groups is 1. The van der Waals surface area contributed by atoms with Crippen molar-refractivity contribution < 1.29 is 29.0 Å². The minimum absolute atomic E-state index is 0.0417. The molecule has 3 amide bonds. The number of nitrogens with one attached hydrogen (secondary N) is 1. The Morgan fingerprint density at radius 1 is 1.13 bits per heavy atom. The van der Waals surface area contributed by atoms with Crippen LogP contribution >= 0.6 is 11.6 Å². The molecule has 2 atom stereocenters. The molecule has 0 spiro atoms. The monoisotopic (exact) mass is 558 g/mol. The van der Waals surface area contributed by atoms with E-state index >= 15 is 0 Å². The van der Waals surface area contributed by atoms with E-state index in [0.29, 0.717) is 62.7 Å². The third-order valence-corrected chi connectivity index (χ3v) is 7.66. The highest BCUT2D eigenvalue weighted by atomic mass is 35.5. The number of piperidine rings is 1. The smallest absolute Gasteiger partial charge is 0.320 e. The van der Waals surface area contributed by atoms with Gasteiger partial charge in [-0.3, -0.25) is 4.79 Å². The van der Waals surface area contributed by atoms with Crippen molar-refractivity contribution in [2.75, 3.05) is 58.7 Å². The van der Waals surface area contributed by atoms with E-state index in [1.54, 1.807) is 24.3 Å². The predicted molar refractivity (Wildman–Crippen MR) is 144 cm³/mol. The molecule has 0 aliphatic carbocycles. The second kappa shape index (κ2) is 12.4. The molecule has 4 rings (SSSR count). The van der Waals surface area contributed by atoms with Crippen LogP contribution in [0.5, 0.6) is 11.5 Å². The van der Waals surface area contributed by atoms with Crippen LogP contribution in [0.3, 0.4) is 0 Å². The summed E-state index contributed by atoms with van der Waals surface area (Å²) in [6.07, 6.45) is -1.08. The zero-order valence-corrected chi connectivity index (χ0v) is 22.8. The summed E-state index contributed by atoms with van der Waals surface area (Å²) in [5.41, 5.74) is 7.04. The molecule has 210 valence electrons. The molecule has 39 heavy (non-hydrogen) atoms. The maximum atomic E-state index is 13.4. The standard InChI is InChI=1S/C27H34ClN5O6/c1-3-32-12-13-33(26(32)35)11-10-31-9-8-22(19(16-31)17-6-4-5-7-23(17)39-27(36)37)30-25(34)18-14-20(28)21(29)15-24(18)38-2/h4-7,14-15,19,22H,3,8-13,16,29H2,1-2H3,(H,30,34)(H,36,37)/p-1. The molecule has 3 N–H and O–H groups in total. The molecule has 2 saturated heterocycles. The number of rotatable bonds is 9. The second-order valence-corrected chi connectivity index (χ2v) is 10.00. The van der Waals surface area contributed by atoms with Gasteiger partial charge >= 0.3 is 6.03 Å². The van der Waals surface area contributed by atoms with Crippen LogP contribution in [0, 0.1) is 0 Å². The highest BCUT2D eigenvalue weighted by molar-refractivity contribution is 6.33. The van der Waals surface area contributed by atoms with E-state index in [1.807, 2.05) is 16.7 Å². The number of anilines is 1. The van der Waals surface area contributed by atoms with Crippen molar-refractivity contribution in [1.82, 2.24) is 20.0 Å². The van der Waals surface area contributed by atoms with Crippen molar-refractivity contribution in [1.29, 1.82) is 0 Å². The molecule has 11 nitrogen and oxygen atoms in total. The number of halogens is 1. The average molecular weight is 559 g/mol. The number of likely N-dealkylation sites (N-methyl/N-ethyl adjacent to an activating group) is 1. The minimum Gasteiger partial charge on any atom is -0.514 e. The Kier molecular flexibility index (Phi) is 9.03. The van der Waals surface area contributed by atoms with Crippen LogP contribution in [0.15, 0.2) is 36.4 Å². The van der Waals surface area contributed by atoms with Crippen LogP contribution in [0.4, 0.5) is 15.3 Å². The number of para-hydroxylation sites is 1. The van der Waals surface area contributed by atoms with Crippen molar-refractivity contribution in [2.45, 2.75) is 25.3 Å². The van der Waals surface area contributed by atoms with Gasteiger partial charge in [-0.05, 0) is 31.0 Å². The number of hydrogen-bond acceptors (Lipinski definition) is 8. The maximum absolute atomic E-state index is 13.4. The lowest BCUT2D eigenvalue weighted by molar-refractivity contribution is -0.271. The SMILES string of the molecule is CCN1CCN(CCN2CCC(NC(=O)c3cc(Cl)c(N)cc3OC)C(c3ccccc3OC(=O)[O-])C2)C1=O. The van der Waals surface area contributed by atoms with E-state index in [9.17, 15) is 19.5 Å². The van der Waals surface area contributed by atoms with Crippen LogP contribution in [0.1, 0.15) is 35.2 Å². The lowest BCUT2D eigenvalue weighted by Crippen LogP contribution is -2.51. The van der Waals surface area contributed by atoms with Crippen molar-refractivity contribution in [3.05, 3.63) is 52.5 Å². The van der Waals surface area contributed by atoms with Gasteiger partial charge in [0.2, 0.25) is 0 Å². The number of likely N-dealkylation sites (tertiary alicyclic amines) is 1. The van der Waals surface area contributed by atoms with Gasteiger partial charge in [0.05, 0.1) is 29.1 Å². The Morgan fingerprint density at radius 3 is 2.56 bits per heavy atom. The first-order valence-electron chi connectivity index (χ1n) is 12.9. The Labute approximate surface area is 232 Å². The Hall–Kier alpha value is -3.70. The molecule has 2 unspecified atom stereocenters. The van der Waals surface area contributed by atoms with Crippen LogP contribution in [0.25, 0.3) is 0 Å². The molecule has 0 bridgehead atoms. The van der Waals surface area contributed by atoms with Gasteiger partial charge in [0.15, 0.2) is 0 Å². The number of nitrogens with zero attached hydrogens (tertiary/aromatic N) is 3. The molecule has 0 saturated carbocycles. The van der Waals surface area contributed by atoms with Gasteiger partial charge in [-0.15, -0.1) is 0 Å². The second-order valence-electron chi connectivity index (χ2n) is 9.59. The summed E-state index contributed by atoms with van der Waals surface area (Å²) in [7, 11) is 1.44. The maximum Gasteiger partial charge on any atom is 0.320 e. The summed E-state index contributed by atoms with van der Waals surface area (Å²) in [5.74, 6) is -0.252. The zero-order valence-electron chi connectivity index (χ0n) is 22.0. The van der Waals surface area contributed by atoms with E-state index in [2.05, 4.69) is 10.2 Å². The summed E-state index contributed by atoms with van der Waals surface area (Å²) in [6, 6.07) is 9.47. The van der Waals surface area contributed by atoms with E-state index in [1.165, 1.54) is 19.2 Å². The fraction of sp³-hybridized carbons (Fsp3) is 0.444. The van der Waals surface area contributed by atoms with Crippen LogP contribution in [0.2, 0.25) is 5.02 Å². The fourth-order valence-corrected chi connectivity index (χ4v) is 5.40. The van der Waals surface area contributed by atoms with Gasteiger partial charge in [-0.1, -0.05) is 29.8 Å². The number of hydrogen-bond donors (Lipinski definition) is 2. The van der Waals surface area contributed by atoms with Crippen molar-refractivity contribution >= 4 is 35.4 Å².